The van der Waals surface area contributed by atoms with E-state index in [1.54, 1.807) is 6.20 Å². The van der Waals surface area contributed by atoms with Gasteiger partial charge >= 0.3 is 5.97 Å². The second-order valence-corrected chi connectivity index (χ2v) is 5.07. The van der Waals surface area contributed by atoms with Crippen molar-refractivity contribution in [1.29, 1.82) is 0 Å². The maximum atomic E-state index is 12.1. The first-order valence-corrected chi connectivity index (χ1v) is 7.11. The molecule has 3 atom stereocenters. The van der Waals surface area contributed by atoms with Gasteiger partial charge in [-0.15, -0.1) is 12.3 Å². The molecule has 2 unspecified atom stereocenters. The number of terminal acetylenes is 1. The molecular weight excluding hydrogens is 282 g/mol. The first kappa shape index (κ1) is 16.0. The van der Waals surface area contributed by atoms with Gasteiger partial charge in [0.1, 0.15) is 12.1 Å². The molecule has 0 radical (unpaired) electrons. The number of nitrogens with one attached hydrogen (secondary N) is 1. The molecule has 1 N–H and O–H groups in total. The van der Waals surface area contributed by atoms with Gasteiger partial charge in [-0.05, 0) is 12.1 Å². The number of hydrogen-bond donors (Lipinski definition) is 1. The maximum absolute atomic E-state index is 12.1. The lowest BCUT2D eigenvalue weighted by molar-refractivity contribution is -0.144. The van der Waals surface area contributed by atoms with E-state index in [-0.39, 0.29) is 18.4 Å². The number of carbonyl (C=O) groups is 2. The number of ether oxygens (including phenoxy) is 1. The van der Waals surface area contributed by atoms with Crippen LogP contribution in [0.2, 0.25) is 0 Å². The highest BCUT2D eigenvalue weighted by Gasteiger charge is 2.41. The van der Waals surface area contributed by atoms with Crippen LogP contribution in [0.5, 0.6) is 0 Å². The van der Waals surface area contributed by atoms with Gasteiger partial charge in [0.05, 0.1) is 7.11 Å². The summed E-state index contributed by atoms with van der Waals surface area (Å²) in [4.78, 5) is 29.9. The van der Waals surface area contributed by atoms with Crippen LogP contribution in [0, 0.1) is 12.3 Å². The summed E-state index contributed by atoms with van der Waals surface area (Å²) in [6.45, 7) is 1.44. The molecule has 1 amide bonds. The summed E-state index contributed by atoms with van der Waals surface area (Å²) in [5.74, 6) is 1.66. The van der Waals surface area contributed by atoms with Crippen molar-refractivity contribution in [1.82, 2.24) is 15.2 Å². The lowest BCUT2D eigenvalue weighted by atomic mass is 10.2. The Labute approximate surface area is 129 Å². The second kappa shape index (κ2) is 7.57. The van der Waals surface area contributed by atoms with Crippen LogP contribution in [0.3, 0.4) is 0 Å². The quantitative estimate of drug-likeness (QED) is 0.436. The van der Waals surface area contributed by atoms with Crippen molar-refractivity contribution < 1.29 is 14.3 Å². The number of aromatic nitrogens is 1. The van der Waals surface area contributed by atoms with Crippen LogP contribution in [0.15, 0.2) is 24.4 Å². The molecule has 1 saturated heterocycles. The van der Waals surface area contributed by atoms with E-state index in [9.17, 15) is 9.59 Å². The third-order valence-electron chi connectivity index (χ3n) is 3.52. The molecule has 2 heterocycles. The van der Waals surface area contributed by atoms with Crippen molar-refractivity contribution in [2.45, 2.75) is 24.9 Å². The Morgan fingerprint density at radius 1 is 1.59 bits per heavy atom. The third kappa shape index (κ3) is 4.30. The lowest BCUT2D eigenvalue weighted by Gasteiger charge is -2.14. The fourth-order valence-corrected chi connectivity index (χ4v) is 2.20. The molecule has 1 aromatic heterocycles. The molecule has 22 heavy (non-hydrogen) atoms. The van der Waals surface area contributed by atoms with Crippen molar-refractivity contribution in [2.75, 3.05) is 20.2 Å². The van der Waals surface area contributed by atoms with E-state index in [1.807, 2.05) is 23.1 Å². The Morgan fingerprint density at radius 3 is 3.05 bits per heavy atom. The number of esters is 1. The van der Waals surface area contributed by atoms with Gasteiger partial charge in [-0.2, -0.15) is 0 Å². The van der Waals surface area contributed by atoms with Crippen molar-refractivity contribution in [3.8, 4) is 12.3 Å². The fourth-order valence-electron chi connectivity index (χ4n) is 2.20. The van der Waals surface area contributed by atoms with E-state index in [0.29, 0.717) is 6.54 Å². The minimum absolute atomic E-state index is 0.124. The van der Waals surface area contributed by atoms with Gasteiger partial charge in [0.15, 0.2) is 0 Å². The van der Waals surface area contributed by atoms with Crippen molar-refractivity contribution in [2.24, 2.45) is 0 Å². The Hall–Kier alpha value is -2.39. The second-order valence-electron chi connectivity index (χ2n) is 5.07. The normalized spacial score (nSPS) is 20.5. The van der Waals surface area contributed by atoms with E-state index in [1.165, 1.54) is 7.11 Å². The standard InChI is InChI=1S/C16H19N3O3/c1-3-6-13(16(21)22-2)18-15(20)14-11-19(14)10-8-12-7-4-5-9-17-12/h1,4-5,7,9,13-14H,6,8,10-11H2,2H3,(H,18,20)/t13-,14?,19?/m0/s1. The molecule has 1 aliphatic rings. The van der Waals surface area contributed by atoms with Crippen molar-refractivity contribution >= 4 is 11.9 Å². The number of nitrogens with zero attached hydrogens (tertiary/aromatic N) is 2. The lowest BCUT2D eigenvalue weighted by Crippen LogP contribution is -2.44. The highest BCUT2D eigenvalue weighted by Crippen LogP contribution is 2.18. The molecule has 6 heteroatoms. The Bertz CT molecular complexity index is 568. The van der Waals surface area contributed by atoms with E-state index in [2.05, 4.69) is 21.0 Å². The Kier molecular flexibility index (Phi) is 5.50. The van der Waals surface area contributed by atoms with E-state index < -0.39 is 12.0 Å². The summed E-state index contributed by atoms with van der Waals surface area (Å²) in [5, 5.41) is 2.65. The van der Waals surface area contributed by atoms with E-state index >= 15 is 0 Å². The van der Waals surface area contributed by atoms with Gasteiger partial charge < -0.3 is 10.1 Å². The monoisotopic (exact) mass is 301 g/mol. The van der Waals surface area contributed by atoms with Crippen LogP contribution in [-0.2, 0) is 20.7 Å². The van der Waals surface area contributed by atoms with Gasteiger partial charge in [-0.1, -0.05) is 6.07 Å². The average Bonchev–Trinajstić information content (AvgIpc) is 3.32. The van der Waals surface area contributed by atoms with Crippen LogP contribution in [0.25, 0.3) is 0 Å². The molecular formula is C16H19N3O3. The van der Waals surface area contributed by atoms with Gasteiger partial charge in [-0.25, -0.2) is 4.79 Å². The highest BCUT2D eigenvalue weighted by atomic mass is 16.5. The average molecular weight is 301 g/mol. The molecule has 0 aromatic carbocycles. The van der Waals surface area contributed by atoms with Crippen LogP contribution in [-0.4, -0.2) is 54.0 Å². The Balaban J connectivity index is 1.77. The summed E-state index contributed by atoms with van der Waals surface area (Å²) in [7, 11) is 1.27. The van der Waals surface area contributed by atoms with Crippen LogP contribution >= 0.6 is 0 Å². The van der Waals surface area contributed by atoms with Crippen molar-refractivity contribution in [3.05, 3.63) is 30.1 Å². The van der Waals surface area contributed by atoms with Crippen LogP contribution in [0.4, 0.5) is 0 Å². The molecule has 116 valence electrons. The zero-order valence-electron chi connectivity index (χ0n) is 12.5. The molecule has 6 nitrogen and oxygen atoms in total. The fraction of sp³-hybridized carbons (Fsp3) is 0.438. The highest BCUT2D eigenvalue weighted by molar-refractivity contribution is 5.89. The number of methoxy groups -OCH3 is 1. The van der Waals surface area contributed by atoms with E-state index in [4.69, 9.17) is 6.42 Å². The number of hydrogen-bond acceptors (Lipinski definition) is 5. The largest absolute Gasteiger partial charge is 0.467 e. The minimum Gasteiger partial charge on any atom is -0.467 e. The summed E-state index contributed by atoms with van der Waals surface area (Å²) in [6, 6.07) is 4.79. The molecule has 0 aliphatic carbocycles. The topological polar surface area (TPSA) is 71.3 Å². The summed E-state index contributed by atoms with van der Waals surface area (Å²) in [5.41, 5.74) is 0.994. The molecule has 1 aromatic rings. The number of rotatable bonds is 7. The third-order valence-corrected chi connectivity index (χ3v) is 3.52. The number of amides is 1. The molecule has 0 saturated carbocycles. The minimum atomic E-state index is -0.777. The predicted molar refractivity (Wildman–Crippen MR) is 80.7 cm³/mol. The SMILES string of the molecule is C#CC[C@H](NC(=O)C1CN1CCc1ccccn1)C(=O)OC. The van der Waals surface area contributed by atoms with Crippen LogP contribution < -0.4 is 5.32 Å². The van der Waals surface area contributed by atoms with Crippen LogP contribution in [0.1, 0.15) is 12.1 Å². The smallest absolute Gasteiger partial charge is 0.329 e. The molecule has 0 spiro atoms. The van der Waals surface area contributed by atoms with Gasteiger partial charge in [-0.3, -0.25) is 14.7 Å². The number of pyridine rings is 1. The number of carbonyl (C=O) groups excluding carboxylic acids is 2. The van der Waals surface area contributed by atoms with Gasteiger partial charge in [0, 0.05) is 37.8 Å². The summed E-state index contributed by atoms with van der Waals surface area (Å²) < 4.78 is 4.63. The Morgan fingerprint density at radius 2 is 2.41 bits per heavy atom. The predicted octanol–water partition coefficient (Wildman–Crippen LogP) is -0.0106. The van der Waals surface area contributed by atoms with Gasteiger partial charge in [0.2, 0.25) is 5.91 Å². The maximum Gasteiger partial charge on any atom is 0.329 e. The summed E-state index contributed by atoms with van der Waals surface area (Å²) >= 11 is 0. The first-order valence-electron chi connectivity index (χ1n) is 7.11. The molecule has 1 fully saturated rings. The molecule has 1 aliphatic heterocycles. The molecule has 2 rings (SSSR count). The van der Waals surface area contributed by atoms with Gasteiger partial charge in [0.25, 0.3) is 0 Å². The van der Waals surface area contributed by atoms with Crippen molar-refractivity contribution in [3.63, 3.8) is 0 Å². The summed E-state index contributed by atoms with van der Waals surface area (Å²) in [6.07, 6.45) is 7.87. The molecule has 0 bridgehead atoms. The van der Waals surface area contributed by atoms with E-state index in [0.717, 1.165) is 18.7 Å². The first-order chi connectivity index (χ1) is 10.7. The zero-order valence-corrected chi connectivity index (χ0v) is 12.5. The zero-order chi connectivity index (χ0) is 15.9.